The molecule has 0 aliphatic rings. The predicted molar refractivity (Wildman–Crippen MR) is 95.4 cm³/mol. The minimum Gasteiger partial charge on any atom is -0.411 e. The first-order valence-electron chi connectivity index (χ1n) is 7.73. The van der Waals surface area contributed by atoms with Crippen LogP contribution in [0.3, 0.4) is 0 Å². The lowest BCUT2D eigenvalue weighted by Gasteiger charge is -2.13. The van der Waals surface area contributed by atoms with Gasteiger partial charge in [-0.25, -0.2) is 0 Å². The third kappa shape index (κ3) is 4.95. The molecule has 2 N–H and O–H groups in total. The van der Waals surface area contributed by atoms with Gasteiger partial charge in [-0.15, -0.1) is 0 Å². The summed E-state index contributed by atoms with van der Waals surface area (Å²) in [5.74, 6) is 0. The van der Waals surface area contributed by atoms with Gasteiger partial charge in [-0.1, -0.05) is 65.3 Å². The molecule has 0 heterocycles. The maximum absolute atomic E-state index is 9.28. The van der Waals surface area contributed by atoms with Crippen molar-refractivity contribution in [3.8, 4) is 0 Å². The van der Waals surface area contributed by atoms with E-state index in [2.05, 4.69) is 15.7 Å². The SMILES string of the molecule is C/C(=N/NC(C)C/C(=N\O)c1ccc(C)cc1)c1ccccc1. The van der Waals surface area contributed by atoms with Gasteiger partial charge >= 0.3 is 0 Å². The van der Waals surface area contributed by atoms with E-state index in [4.69, 9.17) is 0 Å². The van der Waals surface area contributed by atoms with Crippen LogP contribution in [0.2, 0.25) is 0 Å². The topological polar surface area (TPSA) is 57.0 Å². The molecule has 0 aliphatic carbocycles. The van der Waals surface area contributed by atoms with Gasteiger partial charge in [0.05, 0.1) is 11.4 Å². The van der Waals surface area contributed by atoms with E-state index in [1.807, 2.05) is 75.4 Å². The van der Waals surface area contributed by atoms with Crippen molar-refractivity contribution in [1.82, 2.24) is 5.43 Å². The van der Waals surface area contributed by atoms with Crippen LogP contribution in [0.1, 0.15) is 37.0 Å². The normalized spacial score (nSPS) is 13.7. The first-order chi connectivity index (χ1) is 11.1. The van der Waals surface area contributed by atoms with Crippen molar-refractivity contribution in [2.75, 3.05) is 0 Å². The second kappa shape index (κ2) is 8.13. The number of hydrazone groups is 1. The minimum atomic E-state index is 0.0564. The van der Waals surface area contributed by atoms with E-state index in [1.165, 1.54) is 5.56 Å². The van der Waals surface area contributed by atoms with Crippen molar-refractivity contribution in [2.45, 2.75) is 33.2 Å². The molecule has 0 aromatic heterocycles. The number of hydrogen-bond donors (Lipinski definition) is 2. The molecule has 0 saturated heterocycles. The summed E-state index contributed by atoms with van der Waals surface area (Å²) in [4.78, 5) is 0. The first kappa shape index (κ1) is 16.7. The van der Waals surface area contributed by atoms with E-state index >= 15 is 0 Å². The molecule has 23 heavy (non-hydrogen) atoms. The second-order valence-electron chi connectivity index (χ2n) is 5.71. The Morgan fingerprint density at radius 1 is 1.04 bits per heavy atom. The third-order valence-electron chi connectivity index (χ3n) is 3.65. The quantitative estimate of drug-likeness (QED) is 0.482. The molecule has 120 valence electrons. The van der Waals surface area contributed by atoms with Gasteiger partial charge in [0.25, 0.3) is 0 Å². The van der Waals surface area contributed by atoms with Crippen LogP contribution in [0, 0.1) is 6.92 Å². The van der Waals surface area contributed by atoms with Gasteiger partial charge in [-0.2, -0.15) is 5.10 Å². The number of aryl methyl sites for hydroxylation is 1. The van der Waals surface area contributed by atoms with Crippen LogP contribution >= 0.6 is 0 Å². The summed E-state index contributed by atoms with van der Waals surface area (Å²) in [6.45, 7) is 6.02. The Hall–Kier alpha value is -2.62. The molecule has 0 bridgehead atoms. The van der Waals surface area contributed by atoms with E-state index in [0.717, 1.165) is 16.8 Å². The summed E-state index contributed by atoms with van der Waals surface area (Å²) in [7, 11) is 0. The van der Waals surface area contributed by atoms with Gasteiger partial charge in [0.2, 0.25) is 0 Å². The van der Waals surface area contributed by atoms with Crippen LogP contribution < -0.4 is 5.43 Å². The molecule has 2 rings (SSSR count). The lowest BCUT2D eigenvalue weighted by molar-refractivity contribution is 0.317. The van der Waals surface area contributed by atoms with E-state index < -0.39 is 0 Å². The molecule has 0 fully saturated rings. The highest BCUT2D eigenvalue weighted by Crippen LogP contribution is 2.09. The highest BCUT2D eigenvalue weighted by Gasteiger charge is 2.10. The smallest absolute Gasteiger partial charge is 0.0888 e. The summed E-state index contributed by atoms with van der Waals surface area (Å²) in [6.07, 6.45) is 0.588. The molecule has 2 aromatic carbocycles. The van der Waals surface area contributed by atoms with E-state index in [0.29, 0.717) is 12.1 Å². The highest BCUT2D eigenvalue weighted by molar-refractivity contribution is 6.00. The fourth-order valence-electron chi connectivity index (χ4n) is 2.25. The molecule has 0 saturated carbocycles. The van der Waals surface area contributed by atoms with Gasteiger partial charge in [0, 0.05) is 12.5 Å². The molecule has 0 spiro atoms. The predicted octanol–water partition coefficient (Wildman–Crippen LogP) is 3.97. The highest BCUT2D eigenvalue weighted by atomic mass is 16.4. The Bertz CT molecular complexity index is 676. The average Bonchev–Trinajstić information content (AvgIpc) is 2.59. The van der Waals surface area contributed by atoms with Gasteiger partial charge in [0.15, 0.2) is 0 Å². The fraction of sp³-hybridized carbons (Fsp3) is 0.263. The van der Waals surface area contributed by atoms with Crippen molar-refractivity contribution in [1.29, 1.82) is 0 Å². The van der Waals surface area contributed by atoms with Crippen molar-refractivity contribution in [3.05, 3.63) is 71.3 Å². The lowest BCUT2D eigenvalue weighted by atomic mass is 10.0. The first-order valence-corrected chi connectivity index (χ1v) is 7.73. The van der Waals surface area contributed by atoms with E-state index in [1.54, 1.807) is 0 Å². The van der Waals surface area contributed by atoms with Crippen LogP contribution in [0.15, 0.2) is 64.9 Å². The number of nitrogens with zero attached hydrogens (tertiary/aromatic N) is 2. The molecular weight excluding hydrogens is 286 g/mol. The second-order valence-corrected chi connectivity index (χ2v) is 5.71. The Kier molecular flexibility index (Phi) is 5.92. The van der Waals surface area contributed by atoms with Crippen LogP contribution in [0.5, 0.6) is 0 Å². The molecular formula is C19H23N3O. The lowest BCUT2D eigenvalue weighted by Crippen LogP contribution is -2.25. The van der Waals surface area contributed by atoms with Crippen molar-refractivity contribution < 1.29 is 5.21 Å². The number of benzene rings is 2. The summed E-state index contributed by atoms with van der Waals surface area (Å²) in [6, 6.07) is 18.0. The van der Waals surface area contributed by atoms with E-state index in [9.17, 15) is 5.21 Å². The van der Waals surface area contributed by atoms with Crippen LogP contribution in [0.25, 0.3) is 0 Å². The summed E-state index contributed by atoms with van der Waals surface area (Å²) in [5, 5.41) is 17.1. The molecule has 0 radical (unpaired) electrons. The Morgan fingerprint density at radius 2 is 1.70 bits per heavy atom. The zero-order chi connectivity index (χ0) is 16.7. The monoisotopic (exact) mass is 309 g/mol. The molecule has 4 heteroatoms. The van der Waals surface area contributed by atoms with Crippen molar-refractivity contribution >= 4 is 11.4 Å². The maximum atomic E-state index is 9.28. The molecule has 1 unspecified atom stereocenters. The van der Waals surface area contributed by atoms with E-state index in [-0.39, 0.29) is 6.04 Å². The van der Waals surface area contributed by atoms with Crippen molar-refractivity contribution in [3.63, 3.8) is 0 Å². The zero-order valence-corrected chi connectivity index (χ0v) is 13.8. The summed E-state index contributed by atoms with van der Waals surface area (Å²) >= 11 is 0. The largest absolute Gasteiger partial charge is 0.411 e. The standard InChI is InChI=1S/C19H23N3O/c1-14-9-11-18(12-10-14)19(22-23)13-15(2)20-21-16(3)17-7-5-4-6-8-17/h4-12,15,20,23H,13H2,1-3H3/b21-16-,22-19+. The third-order valence-corrected chi connectivity index (χ3v) is 3.65. The number of hydrogen-bond acceptors (Lipinski definition) is 4. The molecule has 0 aliphatic heterocycles. The van der Waals surface area contributed by atoms with Crippen LogP contribution in [-0.4, -0.2) is 22.7 Å². The summed E-state index contributed by atoms with van der Waals surface area (Å²) in [5.41, 5.74) is 7.89. The average molecular weight is 309 g/mol. The Balaban J connectivity index is 1.98. The van der Waals surface area contributed by atoms with Crippen LogP contribution in [0.4, 0.5) is 0 Å². The molecule has 2 aromatic rings. The molecule has 4 nitrogen and oxygen atoms in total. The molecule has 0 amide bonds. The Morgan fingerprint density at radius 3 is 2.30 bits per heavy atom. The van der Waals surface area contributed by atoms with Gasteiger partial charge in [-0.3, -0.25) is 0 Å². The van der Waals surface area contributed by atoms with Gasteiger partial charge in [-0.05, 0) is 31.9 Å². The Labute approximate surface area is 137 Å². The fourth-order valence-corrected chi connectivity index (χ4v) is 2.25. The zero-order valence-electron chi connectivity index (χ0n) is 13.8. The van der Waals surface area contributed by atoms with Gasteiger partial charge < -0.3 is 10.6 Å². The number of oxime groups is 1. The maximum Gasteiger partial charge on any atom is 0.0888 e. The minimum absolute atomic E-state index is 0.0564. The van der Waals surface area contributed by atoms with Gasteiger partial charge in [0.1, 0.15) is 0 Å². The van der Waals surface area contributed by atoms with Crippen molar-refractivity contribution in [2.24, 2.45) is 10.3 Å². The number of rotatable bonds is 6. The number of nitrogens with one attached hydrogen (secondary N) is 1. The molecule has 1 atom stereocenters. The summed E-state index contributed by atoms with van der Waals surface area (Å²) < 4.78 is 0. The van der Waals surface area contributed by atoms with Crippen LogP contribution in [-0.2, 0) is 0 Å².